The first-order chi connectivity index (χ1) is 21.1. The van der Waals surface area contributed by atoms with Gasteiger partial charge in [0.05, 0.1) is 17.7 Å². The van der Waals surface area contributed by atoms with E-state index in [-0.39, 0.29) is 35.5 Å². The van der Waals surface area contributed by atoms with E-state index in [1.165, 1.54) is 24.1 Å². The molecule has 1 atom stereocenters. The van der Waals surface area contributed by atoms with Crippen LogP contribution in [0.5, 0.6) is 5.75 Å². The lowest BCUT2D eigenvalue weighted by atomic mass is 10.0. The molecule has 4 aromatic carbocycles. The van der Waals surface area contributed by atoms with E-state index >= 15 is 0 Å². The third kappa shape index (κ3) is 8.05. The lowest BCUT2D eigenvalue weighted by Gasteiger charge is -2.34. The number of ether oxygens (including phenoxy) is 1. The van der Waals surface area contributed by atoms with Gasteiger partial charge in [-0.25, -0.2) is 8.42 Å². The molecule has 0 fully saturated rings. The Bertz CT molecular complexity index is 1640. The fourth-order valence-electron chi connectivity index (χ4n) is 4.90. The Morgan fingerprint density at radius 3 is 1.95 bits per heavy atom. The third-order valence-electron chi connectivity index (χ3n) is 7.14. The van der Waals surface area contributed by atoms with Gasteiger partial charge in [0, 0.05) is 19.0 Å². The maximum Gasteiger partial charge on any atom is 0.264 e. The van der Waals surface area contributed by atoms with Gasteiger partial charge in [0.2, 0.25) is 11.8 Å². The van der Waals surface area contributed by atoms with E-state index in [2.05, 4.69) is 5.32 Å². The number of hydrogen-bond donors (Lipinski definition) is 1. The van der Waals surface area contributed by atoms with Crippen molar-refractivity contribution in [3.05, 3.63) is 126 Å². The lowest BCUT2D eigenvalue weighted by molar-refractivity contribution is -0.140. The number of methoxy groups -OCH3 is 1. The molecule has 230 valence electrons. The lowest BCUT2D eigenvalue weighted by Crippen LogP contribution is -2.54. The van der Waals surface area contributed by atoms with Crippen LogP contribution in [-0.4, -0.2) is 50.9 Å². The molecule has 2 amide bonds. The molecule has 1 unspecified atom stereocenters. The molecule has 0 radical (unpaired) electrons. The smallest absolute Gasteiger partial charge is 0.264 e. The predicted octanol–water partition coefficient (Wildman–Crippen LogP) is 5.36. The molecule has 0 saturated carbocycles. The van der Waals surface area contributed by atoms with Crippen molar-refractivity contribution in [3.8, 4) is 5.75 Å². The molecular weight excluding hydrogens is 574 g/mol. The van der Waals surface area contributed by atoms with E-state index in [1.54, 1.807) is 36.4 Å². The number of sulfonamides is 1. The van der Waals surface area contributed by atoms with E-state index in [1.807, 2.05) is 81.4 Å². The van der Waals surface area contributed by atoms with E-state index in [0.717, 1.165) is 21.0 Å². The Morgan fingerprint density at radius 2 is 1.36 bits per heavy atom. The number of rotatable bonds is 13. The van der Waals surface area contributed by atoms with Crippen LogP contribution in [0.2, 0.25) is 0 Å². The van der Waals surface area contributed by atoms with Gasteiger partial charge in [-0.3, -0.25) is 13.9 Å². The highest BCUT2D eigenvalue weighted by Crippen LogP contribution is 2.32. The van der Waals surface area contributed by atoms with Crippen molar-refractivity contribution in [2.24, 2.45) is 0 Å². The minimum absolute atomic E-state index is 0.0369. The minimum Gasteiger partial charge on any atom is -0.495 e. The minimum atomic E-state index is -4.22. The zero-order chi connectivity index (χ0) is 31.7. The molecule has 0 heterocycles. The normalized spacial score (nSPS) is 11.9. The number of anilines is 1. The Balaban J connectivity index is 1.82. The number of amides is 2. The molecule has 4 aromatic rings. The second kappa shape index (κ2) is 14.7. The highest BCUT2D eigenvalue weighted by Gasteiger charge is 2.35. The van der Waals surface area contributed by atoms with Crippen molar-refractivity contribution in [1.29, 1.82) is 0 Å². The standard InChI is InChI=1S/C35H39N3O5S/c1-26(2)36-35(40)32(23-28-13-7-5-8-14-28)37(24-29-15-9-6-10-16-29)34(39)25-38(31-17-11-12-18-33(31)43-4)44(41,42)30-21-19-27(3)20-22-30/h5-22,26,32H,23-25H2,1-4H3,(H,36,40). The maximum absolute atomic E-state index is 14.5. The summed E-state index contributed by atoms with van der Waals surface area (Å²) in [5, 5.41) is 2.96. The molecule has 0 aliphatic rings. The number of nitrogens with zero attached hydrogens (tertiary/aromatic N) is 2. The topological polar surface area (TPSA) is 96.0 Å². The molecule has 0 aliphatic carbocycles. The van der Waals surface area contributed by atoms with Crippen LogP contribution >= 0.6 is 0 Å². The number of carbonyl (C=O) groups is 2. The van der Waals surface area contributed by atoms with E-state index in [9.17, 15) is 18.0 Å². The van der Waals surface area contributed by atoms with Crippen LogP contribution in [-0.2, 0) is 32.6 Å². The molecule has 0 aliphatic heterocycles. The van der Waals surface area contributed by atoms with Gasteiger partial charge < -0.3 is 15.0 Å². The van der Waals surface area contributed by atoms with Gasteiger partial charge in [0.15, 0.2) is 0 Å². The van der Waals surface area contributed by atoms with Crippen LogP contribution in [0.3, 0.4) is 0 Å². The summed E-state index contributed by atoms with van der Waals surface area (Å²) < 4.78 is 35.0. The average Bonchev–Trinajstić information content (AvgIpc) is 3.02. The van der Waals surface area contributed by atoms with Crippen molar-refractivity contribution in [1.82, 2.24) is 10.2 Å². The van der Waals surface area contributed by atoms with Crippen molar-refractivity contribution >= 4 is 27.5 Å². The number of nitrogens with one attached hydrogen (secondary N) is 1. The van der Waals surface area contributed by atoms with Crippen LogP contribution in [0, 0.1) is 6.92 Å². The molecule has 4 rings (SSSR count). The summed E-state index contributed by atoms with van der Waals surface area (Å²) in [6.45, 7) is 5.14. The van der Waals surface area contributed by atoms with Crippen molar-refractivity contribution in [2.45, 2.75) is 50.7 Å². The molecule has 0 aromatic heterocycles. The highest BCUT2D eigenvalue weighted by molar-refractivity contribution is 7.92. The third-order valence-corrected chi connectivity index (χ3v) is 8.91. The summed E-state index contributed by atoms with van der Waals surface area (Å²) in [5.74, 6) is -0.558. The van der Waals surface area contributed by atoms with Gasteiger partial charge in [-0.1, -0.05) is 90.5 Å². The summed E-state index contributed by atoms with van der Waals surface area (Å²) >= 11 is 0. The van der Waals surface area contributed by atoms with Gasteiger partial charge in [-0.05, 0) is 56.2 Å². The number of hydrogen-bond acceptors (Lipinski definition) is 5. The monoisotopic (exact) mass is 613 g/mol. The van der Waals surface area contributed by atoms with Crippen LogP contribution in [0.25, 0.3) is 0 Å². The van der Waals surface area contributed by atoms with Gasteiger partial charge in [0.1, 0.15) is 18.3 Å². The number of carbonyl (C=O) groups excluding carboxylic acids is 2. The second-order valence-electron chi connectivity index (χ2n) is 10.9. The Morgan fingerprint density at radius 1 is 0.795 bits per heavy atom. The van der Waals surface area contributed by atoms with Gasteiger partial charge in [-0.15, -0.1) is 0 Å². The summed E-state index contributed by atoms with van der Waals surface area (Å²) in [6.07, 6.45) is 0.247. The zero-order valence-corrected chi connectivity index (χ0v) is 26.3. The van der Waals surface area contributed by atoms with Crippen LogP contribution < -0.4 is 14.4 Å². The average molecular weight is 614 g/mol. The summed E-state index contributed by atoms with van der Waals surface area (Å²) in [4.78, 5) is 29.7. The van der Waals surface area contributed by atoms with E-state index in [4.69, 9.17) is 4.74 Å². The SMILES string of the molecule is COc1ccccc1N(CC(=O)N(Cc1ccccc1)C(Cc1ccccc1)C(=O)NC(C)C)S(=O)(=O)c1ccc(C)cc1. The van der Waals surface area contributed by atoms with Gasteiger partial charge >= 0.3 is 0 Å². The molecule has 0 saturated heterocycles. The Hall–Kier alpha value is -4.63. The molecule has 0 bridgehead atoms. The maximum atomic E-state index is 14.5. The fourth-order valence-corrected chi connectivity index (χ4v) is 6.33. The predicted molar refractivity (Wildman–Crippen MR) is 173 cm³/mol. The molecule has 9 heteroatoms. The first-order valence-corrected chi connectivity index (χ1v) is 15.9. The van der Waals surface area contributed by atoms with E-state index in [0.29, 0.717) is 5.75 Å². The molecule has 0 spiro atoms. The van der Waals surface area contributed by atoms with Crippen molar-refractivity contribution < 1.29 is 22.7 Å². The first kappa shape index (κ1) is 32.3. The molecule has 44 heavy (non-hydrogen) atoms. The second-order valence-corrected chi connectivity index (χ2v) is 12.7. The molecular formula is C35H39N3O5S. The van der Waals surface area contributed by atoms with Crippen molar-refractivity contribution in [2.75, 3.05) is 18.0 Å². The summed E-state index contributed by atoms with van der Waals surface area (Å²) in [7, 11) is -2.77. The quantitative estimate of drug-likeness (QED) is 0.219. The first-order valence-electron chi connectivity index (χ1n) is 14.5. The molecule has 1 N–H and O–H groups in total. The Labute approximate surface area is 260 Å². The summed E-state index contributed by atoms with van der Waals surface area (Å²) in [6, 6.07) is 30.9. The van der Waals surface area contributed by atoms with Crippen LogP contribution in [0.4, 0.5) is 5.69 Å². The number of para-hydroxylation sites is 2. The molecule has 8 nitrogen and oxygen atoms in total. The van der Waals surface area contributed by atoms with Gasteiger partial charge in [-0.2, -0.15) is 0 Å². The largest absolute Gasteiger partial charge is 0.495 e. The zero-order valence-electron chi connectivity index (χ0n) is 25.5. The van der Waals surface area contributed by atoms with Crippen LogP contribution in [0.15, 0.2) is 114 Å². The van der Waals surface area contributed by atoms with Gasteiger partial charge in [0.25, 0.3) is 10.0 Å². The Kier molecular flexibility index (Phi) is 10.8. The fraction of sp³-hybridized carbons (Fsp3) is 0.257. The van der Waals surface area contributed by atoms with Crippen LogP contribution in [0.1, 0.15) is 30.5 Å². The number of benzene rings is 4. The van der Waals surface area contributed by atoms with E-state index < -0.39 is 28.5 Å². The van der Waals surface area contributed by atoms with Crippen molar-refractivity contribution in [3.63, 3.8) is 0 Å². The summed E-state index contributed by atoms with van der Waals surface area (Å²) in [5.41, 5.74) is 2.80. The highest BCUT2D eigenvalue weighted by atomic mass is 32.2. The number of aryl methyl sites for hydroxylation is 1.